The van der Waals surface area contributed by atoms with Crippen molar-refractivity contribution in [3.05, 3.63) is 35.1 Å². The Balaban J connectivity index is 0.000000424. The topological polar surface area (TPSA) is 61.1 Å². The van der Waals surface area contributed by atoms with Crippen LogP contribution in [0.15, 0.2) is 18.2 Å². The average molecular weight is 181 g/mol. The fourth-order valence-electron chi connectivity index (χ4n) is 0.714. The molecule has 0 aliphatic rings. The highest BCUT2D eigenvalue weighted by atomic mass is 19.1. The van der Waals surface area contributed by atoms with Crippen molar-refractivity contribution < 1.29 is 14.3 Å². The fourth-order valence-corrected chi connectivity index (χ4v) is 0.714. The van der Waals surface area contributed by atoms with Crippen molar-refractivity contribution in [3.63, 3.8) is 0 Å². The lowest BCUT2D eigenvalue weighted by atomic mass is 10.1. The number of hydrogen-bond donors (Lipinski definition) is 1. The Morgan fingerprint density at radius 3 is 2.54 bits per heavy atom. The Morgan fingerprint density at radius 2 is 2.15 bits per heavy atom. The number of carboxylic acid groups (broad SMARTS) is 1. The van der Waals surface area contributed by atoms with Crippen LogP contribution in [0.3, 0.4) is 0 Å². The highest BCUT2D eigenvalue weighted by Crippen LogP contribution is 2.07. The normalized spacial score (nSPS) is 7.77. The molecule has 0 saturated carbocycles. The van der Waals surface area contributed by atoms with Gasteiger partial charge in [-0.3, -0.25) is 4.79 Å². The van der Waals surface area contributed by atoms with Crippen LogP contribution >= 0.6 is 0 Å². The average Bonchev–Trinajstić information content (AvgIpc) is 2.11. The van der Waals surface area contributed by atoms with Gasteiger partial charge in [0.2, 0.25) is 0 Å². The summed E-state index contributed by atoms with van der Waals surface area (Å²) in [7, 11) is 0. The molecule has 0 amide bonds. The summed E-state index contributed by atoms with van der Waals surface area (Å²) in [6, 6.07) is 6.21. The summed E-state index contributed by atoms with van der Waals surface area (Å²) in [5.74, 6) is -0.265. The fraction of sp³-hybridized carbons (Fsp3) is 0.111. The molecular weight excluding hydrogens is 173 g/mol. The van der Waals surface area contributed by atoms with Gasteiger partial charge in [-0.15, -0.1) is 0 Å². The molecule has 0 radical (unpaired) electrons. The van der Waals surface area contributed by atoms with E-state index in [2.05, 4.69) is 0 Å². The molecule has 1 rings (SSSR count). The summed E-state index contributed by atoms with van der Waals surface area (Å²) < 4.78 is 12.5. The van der Waals surface area contributed by atoms with Gasteiger partial charge in [0.1, 0.15) is 5.82 Å². The van der Waals surface area contributed by atoms with Crippen molar-refractivity contribution in [3.8, 4) is 6.07 Å². The lowest BCUT2D eigenvalue weighted by molar-refractivity contribution is -0.122. The highest BCUT2D eigenvalue weighted by molar-refractivity contribution is 5.33. The van der Waals surface area contributed by atoms with Crippen LogP contribution in [0, 0.1) is 24.1 Å². The van der Waals surface area contributed by atoms with Gasteiger partial charge in [0.05, 0.1) is 11.6 Å². The SMILES string of the molecule is Cc1cc(C#N)ccc1F.O=CO. The first-order chi connectivity index (χ1) is 6.15. The number of aryl methyl sites for hydroxylation is 1. The Kier molecular flexibility index (Phi) is 4.89. The molecule has 0 saturated heterocycles. The van der Waals surface area contributed by atoms with Gasteiger partial charge in [-0.1, -0.05) is 0 Å². The maximum Gasteiger partial charge on any atom is 0.290 e. The molecule has 0 atom stereocenters. The van der Waals surface area contributed by atoms with Gasteiger partial charge in [-0.25, -0.2) is 4.39 Å². The molecule has 0 bridgehead atoms. The van der Waals surface area contributed by atoms with E-state index in [-0.39, 0.29) is 12.3 Å². The Morgan fingerprint density at radius 1 is 1.62 bits per heavy atom. The molecule has 13 heavy (non-hydrogen) atoms. The molecule has 0 unspecified atom stereocenters. The van der Waals surface area contributed by atoms with Crippen LogP contribution in [0.1, 0.15) is 11.1 Å². The summed E-state index contributed by atoms with van der Waals surface area (Å²) in [5.41, 5.74) is 1.01. The molecule has 0 aliphatic carbocycles. The van der Waals surface area contributed by atoms with E-state index < -0.39 is 0 Å². The monoisotopic (exact) mass is 181 g/mol. The standard InChI is InChI=1S/C8H6FN.CH2O2/c1-6-4-7(5-10)2-3-8(6)9;2-1-3/h2-4H,1H3;1H,(H,2,3). The quantitative estimate of drug-likeness (QED) is 0.619. The summed E-state index contributed by atoms with van der Waals surface area (Å²) in [5, 5.41) is 15.3. The van der Waals surface area contributed by atoms with Crippen LogP contribution in [0.25, 0.3) is 0 Å². The van der Waals surface area contributed by atoms with E-state index in [1.54, 1.807) is 6.92 Å². The van der Waals surface area contributed by atoms with Gasteiger partial charge >= 0.3 is 0 Å². The molecule has 4 heteroatoms. The third-order valence-corrected chi connectivity index (χ3v) is 1.29. The van der Waals surface area contributed by atoms with Crippen molar-refractivity contribution in [2.45, 2.75) is 6.92 Å². The van der Waals surface area contributed by atoms with Crippen molar-refractivity contribution in [2.75, 3.05) is 0 Å². The zero-order valence-electron chi connectivity index (χ0n) is 6.99. The second-order valence-electron chi connectivity index (χ2n) is 2.18. The summed E-state index contributed by atoms with van der Waals surface area (Å²) in [4.78, 5) is 8.36. The lowest BCUT2D eigenvalue weighted by Gasteiger charge is -1.93. The molecule has 0 aromatic heterocycles. The van der Waals surface area contributed by atoms with Crippen LogP contribution < -0.4 is 0 Å². The zero-order valence-corrected chi connectivity index (χ0v) is 6.99. The van der Waals surface area contributed by atoms with Crippen LogP contribution in [-0.4, -0.2) is 11.6 Å². The Hall–Kier alpha value is -1.89. The number of halogens is 1. The highest BCUT2D eigenvalue weighted by Gasteiger charge is 1.95. The van der Waals surface area contributed by atoms with Crippen LogP contribution in [-0.2, 0) is 4.79 Å². The largest absolute Gasteiger partial charge is 0.483 e. The van der Waals surface area contributed by atoms with Gasteiger partial charge in [-0.05, 0) is 30.7 Å². The number of nitrogens with zero attached hydrogens (tertiary/aromatic N) is 1. The second kappa shape index (κ2) is 5.72. The van der Waals surface area contributed by atoms with E-state index in [1.807, 2.05) is 6.07 Å². The Labute approximate surface area is 75.0 Å². The number of benzene rings is 1. The number of nitriles is 1. The van der Waals surface area contributed by atoms with Gasteiger partial charge in [0, 0.05) is 0 Å². The van der Waals surface area contributed by atoms with E-state index in [0.29, 0.717) is 11.1 Å². The summed E-state index contributed by atoms with van der Waals surface area (Å²) in [6.45, 7) is 1.39. The van der Waals surface area contributed by atoms with Gasteiger partial charge < -0.3 is 5.11 Å². The third-order valence-electron chi connectivity index (χ3n) is 1.29. The molecule has 1 aromatic rings. The molecule has 0 spiro atoms. The summed E-state index contributed by atoms with van der Waals surface area (Å²) in [6.07, 6.45) is 0. The zero-order chi connectivity index (χ0) is 10.3. The first-order valence-electron chi connectivity index (χ1n) is 3.39. The third kappa shape index (κ3) is 3.87. The summed E-state index contributed by atoms with van der Waals surface area (Å²) >= 11 is 0. The van der Waals surface area contributed by atoms with Crippen molar-refractivity contribution in [1.29, 1.82) is 5.26 Å². The molecule has 3 nitrogen and oxygen atoms in total. The van der Waals surface area contributed by atoms with E-state index in [4.69, 9.17) is 15.2 Å². The first-order valence-corrected chi connectivity index (χ1v) is 3.39. The molecular formula is C9H8FNO2. The molecule has 1 aromatic carbocycles. The molecule has 68 valence electrons. The van der Waals surface area contributed by atoms with Crippen LogP contribution in [0.4, 0.5) is 4.39 Å². The minimum Gasteiger partial charge on any atom is -0.483 e. The maximum absolute atomic E-state index is 12.5. The van der Waals surface area contributed by atoms with Crippen molar-refractivity contribution >= 4 is 6.47 Å². The van der Waals surface area contributed by atoms with Crippen molar-refractivity contribution in [2.24, 2.45) is 0 Å². The van der Waals surface area contributed by atoms with E-state index >= 15 is 0 Å². The van der Waals surface area contributed by atoms with E-state index in [9.17, 15) is 4.39 Å². The van der Waals surface area contributed by atoms with Crippen LogP contribution in [0.2, 0.25) is 0 Å². The second-order valence-corrected chi connectivity index (χ2v) is 2.18. The Bertz CT molecular complexity index is 331. The molecule has 0 aliphatic heterocycles. The minimum atomic E-state index is -0.265. The smallest absolute Gasteiger partial charge is 0.290 e. The predicted molar refractivity (Wildman–Crippen MR) is 44.5 cm³/mol. The van der Waals surface area contributed by atoms with Crippen molar-refractivity contribution in [1.82, 2.24) is 0 Å². The van der Waals surface area contributed by atoms with Gasteiger partial charge in [0.15, 0.2) is 0 Å². The minimum absolute atomic E-state index is 0.250. The molecule has 1 N–H and O–H groups in total. The predicted octanol–water partition coefficient (Wildman–Crippen LogP) is 1.71. The maximum atomic E-state index is 12.5. The van der Waals surface area contributed by atoms with Gasteiger partial charge in [-0.2, -0.15) is 5.26 Å². The number of carbonyl (C=O) groups is 1. The number of rotatable bonds is 0. The van der Waals surface area contributed by atoms with Gasteiger partial charge in [0.25, 0.3) is 6.47 Å². The number of hydrogen-bond acceptors (Lipinski definition) is 2. The molecule has 0 fully saturated rings. The van der Waals surface area contributed by atoms with Crippen LogP contribution in [0.5, 0.6) is 0 Å². The molecule has 0 heterocycles. The van der Waals surface area contributed by atoms with E-state index in [1.165, 1.54) is 18.2 Å². The van der Waals surface area contributed by atoms with E-state index in [0.717, 1.165) is 0 Å². The first kappa shape index (κ1) is 11.1. The lowest BCUT2D eigenvalue weighted by Crippen LogP contribution is -1.82.